The van der Waals surface area contributed by atoms with Gasteiger partial charge in [0.1, 0.15) is 17.4 Å². The summed E-state index contributed by atoms with van der Waals surface area (Å²) in [5.74, 6) is -4.71. The van der Waals surface area contributed by atoms with E-state index in [9.17, 15) is 28.8 Å². The SMILES string of the molecule is COC(=O)[C@H](CSC[C@@H](CC(=O)CC[C@@H](NC(=O)[C@H](C)N)C(=O)OC)C(=O)OC)CC(=O)OC(C)(C)C. The molecule has 0 spiro atoms. The molecule has 0 saturated carbocycles. The topological polar surface area (TPSA) is 177 Å². The molecular formula is C24H40N2O10S. The predicted molar refractivity (Wildman–Crippen MR) is 135 cm³/mol. The minimum absolute atomic E-state index is 0.0364. The van der Waals surface area contributed by atoms with Gasteiger partial charge in [-0.2, -0.15) is 11.8 Å². The molecule has 0 bridgehead atoms. The molecule has 0 aliphatic carbocycles. The van der Waals surface area contributed by atoms with Crippen LogP contribution in [0.2, 0.25) is 0 Å². The Bertz CT molecular complexity index is 810. The summed E-state index contributed by atoms with van der Waals surface area (Å²) in [6.45, 7) is 6.59. The molecule has 0 saturated heterocycles. The molecule has 1 amide bonds. The average Bonchev–Trinajstić information content (AvgIpc) is 2.82. The number of nitrogens with one attached hydrogen (secondary N) is 1. The molecule has 4 atom stereocenters. The van der Waals surface area contributed by atoms with Crippen LogP contribution in [-0.4, -0.2) is 86.1 Å². The average molecular weight is 549 g/mol. The first kappa shape index (κ1) is 34.3. The molecule has 0 fully saturated rings. The van der Waals surface area contributed by atoms with Crippen LogP contribution in [0, 0.1) is 11.8 Å². The maximum absolute atomic E-state index is 12.6. The van der Waals surface area contributed by atoms with Crippen molar-refractivity contribution in [3.8, 4) is 0 Å². The molecule has 0 unspecified atom stereocenters. The Morgan fingerprint density at radius 3 is 1.76 bits per heavy atom. The van der Waals surface area contributed by atoms with Crippen molar-refractivity contribution in [1.29, 1.82) is 0 Å². The minimum Gasteiger partial charge on any atom is -0.469 e. The molecule has 0 heterocycles. The number of thioether (sulfide) groups is 1. The van der Waals surface area contributed by atoms with E-state index in [4.69, 9.17) is 19.9 Å². The number of ketones is 1. The number of hydrogen-bond acceptors (Lipinski definition) is 12. The zero-order valence-electron chi connectivity index (χ0n) is 22.6. The number of nitrogens with two attached hydrogens (primary N) is 1. The molecule has 0 rings (SSSR count). The quantitative estimate of drug-likeness (QED) is 0.205. The Morgan fingerprint density at radius 2 is 1.32 bits per heavy atom. The van der Waals surface area contributed by atoms with Crippen molar-refractivity contribution < 1.29 is 47.7 Å². The van der Waals surface area contributed by atoms with Crippen molar-refractivity contribution in [2.24, 2.45) is 17.6 Å². The zero-order valence-corrected chi connectivity index (χ0v) is 23.4. The molecule has 37 heavy (non-hydrogen) atoms. The lowest BCUT2D eigenvalue weighted by molar-refractivity contribution is -0.160. The second-order valence-corrected chi connectivity index (χ2v) is 10.5. The highest BCUT2D eigenvalue weighted by molar-refractivity contribution is 7.99. The number of rotatable bonds is 16. The van der Waals surface area contributed by atoms with Crippen molar-refractivity contribution in [3.63, 3.8) is 0 Å². The lowest BCUT2D eigenvalue weighted by atomic mass is 10.00. The number of Topliss-reactive ketones (excluding diaryl/α,β-unsaturated/α-hetero) is 1. The first-order valence-corrected chi connectivity index (χ1v) is 12.9. The Labute approximate surface area is 222 Å². The largest absolute Gasteiger partial charge is 0.469 e. The van der Waals surface area contributed by atoms with Gasteiger partial charge in [0, 0.05) is 24.3 Å². The molecule has 0 aliphatic rings. The fourth-order valence-corrected chi connectivity index (χ4v) is 4.28. The van der Waals surface area contributed by atoms with Crippen LogP contribution in [0.15, 0.2) is 0 Å². The third-order valence-electron chi connectivity index (χ3n) is 4.94. The van der Waals surface area contributed by atoms with Gasteiger partial charge in [0.25, 0.3) is 0 Å². The Hall–Kier alpha value is -2.67. The third kappa shape index (κ3) is 14.6. The normalized spacial score (nSPS) is 14.4. The number of hydrogen-bond donors (Lipinski definition) is 2. The van der Waals surface area contributed by atoms with E-state index < -0.39 is 59.3 Å². The molecule has 12 nitrogen and oxygen atoms in total. The third-order valence-corrected chi connectivity index (χ3v) is 6.22. The van der Waals surface area contributed by atoms with Gasteiger partial charge < -0.3 is 30.0 Å². The summed E-state index contributed by atoms with van der Waals surface area (Å²) in [6.07, 6.45) is -0.517. The monoisotopic (exact) mass is 548 g/mol. The van der Waals surface area contributed by atoms with Crippen LogP contribution < -0.4 is 11.1 Å². The standard InChI is InChI=1S/C24H40N2O10S/c1-14(25)20(29)26-18(23(32)35-7)9-8-17(27)10-15(21(30)33-5)12-37-13-16(22(31)34-6)11-19(28)36-24(2,3)4/h14-16,18H,8-13,25H2,1-7H3,(H,26,29)/t14-,15+,16-,18+/m0/s1. The van der Waals surface area contributed by atoms with Crippen molar-refractivity contribution in [2.45, 2.75) is 71.1 Å². The number of carbonyl (C=O) groups excluding carboxylic acids is 6. The summed E-state index contributed by atoms with van der Waals surface area (Å²) < 4.78 is 19.5. The molecule has 0 aromatic heterocycles. The second-order valence-electron chi connectivity index (χ2n) is 9.42. The molecular weight excluding hydrogens is 508 g/mol. The van der Waals surface area contributed by atoms with Gasteiger partial charge >= 0.3 is 23.9 Å². The van der Waals surface area contributed by atoms with Crippen LogP contribution in [0.5, 0.6) is 0 Å². The van der Waals surface area contributed by atoms with Gasteiger partial charge in [-0.3, -0.25) is 24.0 Å². The van der Waals surface area contributed by atoms with Crippen molar-refractivity contribution >= 4 is 47.3 Å². The van der Waals surface area contributed by atoms with Crippen LogP contribution in [0.3, 0.4) is 0 Å². The Balaban J connectivity index is 5.09. The summed E-state index contributed by atoms with van der Waals surface area (Å²) in [6, 6.07) is -1.92. The number of amides is 1. The summed E-state index contributed by atoms with van der Waals surface area (Å²) >= 11 is 1.20. The maximum Gasteiger partial charge on any atom is 0.328 e. The zero-order chi connectivity index (χ0) is 28.8. The summed E-state index contributed by atoms with van der Waals surface area (Å²) in [4.78, 5) is 73.0. The van der Waals surface area contributed by atoms with Crippen LogP contribution in [0.25, 0.3) is 0 Å². The minimum atomic E-state index is -1.06. The highest BCUT2D eigenvalue weighted by Crippen LogP contribution is 2.22. The van der Waals surface area contributed by atoms with Gasteiger partial charge in [0.05, 0.1) is 45.6 Å². The number of carbonyl (C=O) groups is 6. The van der Waals surface area contributed by atoms with Crippen molar-refractivity contribution in [3.05, 3.63) is 0 Å². The first-order valence-electron chi connectivity index (χ1n) is 11.8. The van der Waals surface area contributed by atoms with E-state index >= 15 is 0 Å². The smallest absolute Gasteiger partial charge is 0.328 e. The summed E-state index contributed by atoms with van der Waals surface area (Å²) in [7, 11) is 3.56. The van der Waals surface area contributed by atoms with E-state index in [1.807, 2.05) is 0 Å². The molecule has 0 aromatic rings. The Morgan fingerprint density at radius 1 is 0.838 bits per heavy atom. The van der Waals surface area contributed by atoms with Crippen molar-refractivity contribution in [1.82, 2.24) is 5.32 Å². The number of ether oxygens (including phenoxy) is 4. The van der Waals surface area contributed by atoms with Crippen LogP contribution in [-0.2, 0) is 47.7 Å². The van der Waals surface area contributed by atoms with E-state index in [-0.39, 0.29) is 43.0 Å². The first-order chi connectivity index (χ1) is 17.1. The summed E-state index contributed by atoms with van der Waals surface area (Å²) in [5.41, 5.74) is 4.80. The fraction of sp³-hybridized carbons (Fsp3) is 0.750. The van der Waals surface area contributed by atoms with Crippen molar-refractivity contribution in [2.75, 3.05) is 32.8 Å². The summed E-state index contributed by atoms with van der Waals surface area (Å²) in [5, 5.41) is 2.43. The van der Waals surface area contributed by atoms with Gasteiger partial charge in [0.2, 0.25) is 5.91 Å². The van der Waals surface area contributed by atoms with Gasteiger partial charge in [-0.15, -0.1) is 0 Å². The maximum atomic E-state index is 12.6. The van der Waals surface area contributed by atoms with E-state index in [1.165, 1.54) is 32.9 Å². The van der Waals surface area contributed by atoms with Crippen LogP contribution in [0.4, 0.5) is 0 Å². The van der Waals surface area contributed by atoms with E-state index in [0.717, 1.165) is 7.11 Å². The molecule has 13 heteroatoms. The van der Waals surface area contributed by atoms with Gasteiger partial charge in [-0.1, -0.05) is 0 Å². The Kier molecular flexibility index (Phi) is 15.7. The highest BCUT2D eigenvalue weighted by Gasteiger charge is 2.29. The van der Waals surface area contributed by atoms with Crippen LogP contribution in [0.1, 0.15) is 53.4 Å². The molecule has 3 N–H and O–H groups in total. The van der Waals surface area contributed by atoms with E-state index in [1.54, 1.807) is 20.8 Å². The molecule has 0 aliphatic heterocycles. The fourth-order valence-electron chi connectivity index (χ4n) is 3.07. The number of esters is 4. The van der Waals surface area contributed by atoms with Crippen LogP contribution >= 0.6 is 11.8 Å². The molecule has 0 aromatic carbocycles. The highest BCUT2D eigenvalue weighted by atomic mass is 32.2. The molecule has 212 valence electrons. The lowest BCUT2D eigenvalue weighted by Gasteiger charge is -2.21. The van der Waals surface area contributed by atoms with Gasteiger partial charge in [0.15, 0.2) is 0 Å². The lowest BCUT2D eigenvalue weighted by Crippen LogP contribution is -2.47. The molecule has 0 radical (unpaired) electrons. The van der Waals surface area contributed by atoms with Gasteiger partial charge in [-0.05, 0) is 34.1 Å². The van der Waals surface area contributed by atoms with E-state index in [2.05, 4.69) is 10.1 Å². The van der Waals surface area contributed by atoms with E-state index in [0.29, 0.717) is 0 Å². The number of methoxy groups -OCH3 is 3. The predicted octanol–water partition coefficient (Wildman–Crippen LogP) is 0.774. The van der Waals surface area contributed by atoms with Gasteiger partial charge in [-0.25, -0.2) is 4.79 Å². The second kappa shape index (κ2) is 17.0.